The first kappa shape index (κ1) is 12.7. The topological polar surface area (TPSA) is 60.5 Å². The molecular formula is C11H13IN2O3. The van der Waals surface area contributed by atoms with Gasteiger partial charge in [-0.15, -0.1) is 0 Å². The van der Waals surface area contributed by atoms with Crippen molar-refractivity contribution < 1.29 is 14.3 Å². The largest absolute Gasteiger partial charge is 0.376 e. The summed E-state index contributed by atoms with van der Waals surface area (Å²) >= 11 is 2.18. The van der Waals surface area contributed by atoms with Crippen molar-refractivity contribution in [2.24, 2.45) is 0 Å². The number of nitrogens with zero attached hydrogens (tertiary/aromatic N) is 1. The number of pyridine rings is 1. The highest BCUT2D eigenvalue weighted by Crippen LogP contribution is 2.15. The Labute approximate surface area is 113 Å². The third-order valence-corrected chi connectivity index (χ3v) is 2.98. The average Bonchev–Trinajstić information content (AvgIpc) is 2.34. The lowest BCUT2D eigenvalue weighted by molar-refractivity contribution is -0.142. The molecule has 0 spiro atoms. The Hall–Kier alpha value is -0.730. The number of carbonyl (C=O) groups excluding carboxylic acids is 1. The van der Waals surface area contributed by atoms with E-state index in [1.807, 2.05) is 13.0 Å². The molecule has 1 N–H and O–H groups in total. The quantitative estimate of drug-likeness (QED) is 0.820. The lowest BCUT2D eigenvalue weighted by Gasteiger charge is -2.22. The van der Waals surface area contributed by atoms with Gasteiger partial charge in [0.2, 0.25) is 0 Å². The number of hydrogen-bond acceptors (Lipinski definition) is 4. The summed E-state index contributed by atoms with van der Waals surface area (Å²) in [4.78, 5) is 16.0. The predicted molar refractivity (Wildman–Crippen MR) is 70.9 cm³/mol. The molecule has 0 bridgehead atoms. The van der Waals surface area contributed by atoms with Crippen LogP contribution in [-0.4, -0.2) is 36.8 Å². The van der Waals surface area contributed by atoms with Gasteiger partial charge >= 0.3 is 0 Å². The number of ether oxygens (including phenoxy) is 2. The highest BCUT2D eigenvalue weighted by molar-refractivity contribution is 14.1. The van der Waals surface area contributed by atoms with E-state index in [4.69, 9.17) is 9.47 Å². The summed E-state index contributed by atoms with van der Waals surface area (Å²) in [5, 5.41) is 2.75. The molecule has 0 unspecified atom stereocenters. The molecule has 1 aliphatic heterocycles. The molecule has 1 amide bonds. The Morgan fingerprint density at radius 1 is 1.59 bits per heavy atom. The van der Waals surface area contributed by atoms with E-state index >= 15 is 0 Å². The first-order valence-electron chi connectivity index (χ1n) is 5.29. The highest BCUT2D eigenvalue weighted by Gasteiger charge is 2.23. The standard InChI is InChI=1S/C11H13IN2O3/c1-7-4-8(12)5-13-10(7)14-11(15)9-6-16-2-3-17-9/h4-5,9H,2-3,6H2,1H3,(H,13,14,15)/t9-/m1/s1. The maximum Gasteiger partial charge on any atom is 0.257 e. The number of hydrogen-bond donors (Lipinski definition) is 1. The van der Waals surface area contributed by atoms with Crippen molar-refractivity contribution >= 4 is 34.3 Å². The maximum atomic E-state index is 11.8. The second-order valence-electron chi connectivity index (χ2n) is 3.74. The molecule has 1 aromatic heterocycles. The summed E-state index contributed by atoms with van der Waals surface area (Å²) in [6.45, 7) is 3.21. The molecule has 1 aromatic rings. The fraction of sp³-hybridized carbons (Fsp3) is 0.455. The molecule has 1 saturated heterocycles. The molecule has 2 heterocycles. The lowest BCUT2D eigenvalue weighted by atomic mass is 10.2. The van der Waals surface area contributed by atoms with Crippen molar-refractivity contribution in [3.05, 3.63) is 21.4 Å². The van der Waals surface area contributed by atoms with E-state index in [1.165, 1.54) is 0 Å². The van der Waals surface area contributed by atoms with Crippen molar-refractivity contribution in [3.8, 4) is 0 Å². The number of rotatable bonds is 2. The summed E-state index contributed by atoms with van der Waals surface area (Å²) in [6.07, 6.45) is 1.17. The average molecular weight is 348 g/mol. The van der Waals surface area contributed by atoms with Crippen molar-refractivity contribution in [1.82, 2.24) is 4.98 Å². The predicted octanol–water partition coefficient (Wildman–Crippen LogP) is 1.35. The normalized spacial score (nSPS) is 20.0. The van der Waals surface area contributed by atoms with Gasteiger partial charge in [-0.3, -0.25) is 4.79 Å². The van der Waals surface area contributed by atoms with E-state index in [-0.39, 0.29) is 5.91 Å². The number of halogens is 1. The highest BCUT2D eigenvalue weighted by atomic mass is 127. The van der Waals surface area contributed by atoms with Crippen LogP contribution in [0.5, 0.6) is 0 Å². The van der Waals surface area contributed by atoms with Gasteiger partial charge in [0.25, 0.3) is 5.91 Å². The minimum absolute atomic E-state index is 0.207. The molecular weight excluding hydrogens is 335 g/mol. The van der Waals surface area contributed by atoms with Crippen LogP contribution in [0.2, 0.25) is 0 Å². The Morgan fingerprint density at radius 2 is 2.41 bits per heavy atom. The van der Waals surface area contributed by atoms with Crippen LogP contribution in [0.1, 0.15) is 5.56 Å². The fourth-order valence-electron chi connectivity index (χ4n) is 1.51. The zero-order valence-corrected chi connectivity index (χ0v) is 11.6. The third kappa shape index (κ3) is 3.36. The SMILES string of the molecule is Cc1cc(I)cnc1NC(=O)[C@H]1COCCO1. The van der Waals surface area contributed by atoms with Crippen molar-refractivity contribution in [2.45, 2.75) is 13.0 Å². The van der Waals surface area contributed by atoms with Gasteiger partial charge in [-0.1, -0.05) is 0 Å². The molecule has 17 heavy (non-hydrogen) atoms. The number of aromatic nitrogens is 1. The van der Waals surface area contributed by atoms with Crippen LogP contribution in [0.3, 0.4) is 0 Å². The molecule has 92 valence electrons. The molecule has 1 atom stereocenters. The van der Waals surface area contributed by atoms with Gasteiger partial charge in [0.15, 0.2) is 6.10 Å². The van der Waals surface area contributed by atoms with Gasteiger partial charge in [0.1, 0.15) is 5.82 Å². The molecule has 1 aliphatic rings. The Balaban J connectivity index is 2.02. The summed E-state index contributed by atoms with van der Waals surface area (Å²) in [5.41, 5.74) is 0.932. The minimum Gasteiger partial charge on any atom is -0.376 e. The van der Waals surface area contributed by atoms with Crippen LogP contribution in [0.25, 0.3) is 0 Å². The number of aryl methyl sites for hydroxylation is 1. The molecule has 5 nitrogen and oxygen atoms in total. The molecule has 0 radical (unpaired) electrons. The number of anilines is 1. The zero-order chi connectivity index (χ0) is 12.3. The van der Waals surface area contributed by atoms with Crippen LogP contribution in [0.15, 0.2) is 12.3 Å². The van der Waals surface area contributed by atoms with Crippen molar-refractivity contribution in [3.63, 3.8) is 0 Å². The van der Waals surface area contributed by atoms with Gasteiger partial charge in [0, 0.05) is 9.77 Å². The second-order valence-corrected chi connectivity index (χ2v) is 4.99. The first-order chi connectivity index (χ1) is 8.16. The smallest absolute Gasteiger partial charge is 0.257 e. The number of nitrogens with one attached hydrogen (secondary N) is 1. The third-order valence-electron chi connectivity index (χ3n) is 2.39. The number of amides is 1. The maximum absolute atomic E-state index is 11.8. The van der Waals surface area contributed by atoms with Crippen LogP contribution in [0.4, 0.5) is 5.82 Å². The van der Waals surface area contributed by atoms with E-state index in [1.54, 1.807) is 6.20 Å². The molecule has 6 heteroatoms. The van der Waals surface area contributed by atoms with Crippen molar-refractivity contribution in [2.75, 3.05) is 25.1 Å². The monoisotopic (exact) mass is 348 g/mol. The van der Waals surface area contributed by atoms with Crippen molar-refractivity contribution in [1.29, 1.82) is 0 Å². The van der Waals surface area contributed by atoms with Crippen LogP contribution < -0.4 is 5.32 Å². The number of carbonyl (C=O) groups is 1. The molecule has 2 rings (SSSR count). The van der Waals surface area contributed by atoms with Gasteiger partial charge < -0.3 is 14.8 Å². The van der Waals surface area contributed by atoms with Gasteiger partial charge in [-0.2, -0.15) is 0 Å². The Kier molecular flexibility index (Phi) is 4.30. The minimum atomic E-state index is -0.538. The van der Waals surface area contributed by atoms with Crippen LogP contribution in [0, 0.1) is 10.5 Å². The summed E-state index contributed by atoms with van der Waals surface area (Å²) in [5.74, 6) is 0.367. The van der Waals surface area contributed by atoms with Gasteiger partial charge in [0.05, 0.1) is 19.8 Å². The summed E-state index contributed by atoms with van der Waals surface area (Å²) in [6, 6.07) is 1.96. The molecule has 0 saturated carbocycles. The van der Waals surface area contributed by atoms with Gasteiger partial charge in [-0.05, 0) is 41.1 Å². The van der Waals surface area contributed by atoms with E-state index in [0.717, 1.165) is 9.13 Å². The second kappa shape index (κ2) is 5.74. The summed E-state index contributed by atoms with van der Waals surface area (Å²) in [7, 11) is 0. The molecule has 1 fully saturated rings. The zero-order valence-electron chi connectivity index (χ0n) is 9.40. The van der Waals surface area contributed by atoms with E-state index < -0.39 is 6.10 Å². The van der Waals surface area contributed by atoms with E-state index in [2.05, 4.69) is 32.9 Å². The Bertz CT molecular complexity index is 419. The first-order valence-corrected chi connectivity index (χ1v) is 6.37. The van der Waals surface area contributed by atoms with E-state index in [0.29, 0.717) is 25.6 Å². The molecule has 0 aromatic carbocycles. The molecule has 0 aliphatic carbocycles. The Morgan fingerprint density at radius 3 is 3.06 bits per heavy atom. The van der Waals surface area contributed by atoms with Crippen LogP contribution in [-0.2, 0) is 14.3 Å². The van der Waals surface area contributed by atoms with Gasteiger partial charge in [-0.25, -0.2) is 4.98 Å². The van der Waals surface area contributed by atoms with Crippen LogP contribution >= 0.6 is 22.6 Å². The summed E-state index contributed by atoms with van der Waals surface area (Å²) < 4.78 is 11.5. The lowest BCUT2D eigenvalue weighted by Crippen LogP contribution is -2.39. The van der Waals surface area contributed by atoms with E-state index in [9.17, 15) is 4.79 Å². The fourth-order valence-corrected chi connectivity index (χ4v) is 2.11.